The first-order valence-electron chi connectivity index (χ1n) is 14.8. The van der Waals surface area contributed by atoms with Crippen LogP contribution in [0.3, 0.4) is 0 Å². The molecule has 4 heteroatoms. The number of hydrogen-bond donors (Lipinski definition) is 0. The van der Waals surface area contributed by atoms with Crippen molar-refractivity contribution in [2.24, 2.45) is 0 Å². The highest BCUT2D eigenvalue weighted by Gasteiger charge is 2.18. The van der Waals surface area contributed by atoms with E-state index in [0.29, 0.717) is 0 Å². The van der Waals surface area contributed by atoms with E-state index in [2.05, 4.69) is 155 Å². The van der Waals surface area contributed by atoms with Crippen LogP contribution in [0.2, 0.25) is 0 Å². The van der Waals surface area contributed by atoms with Crippen LogP contribution in [0.5, 0.6) is 0 Å². The Morgan fingerprint density at radius 1 is 0.295 bits per heavy atom. The van der Waals surface area contributed by atoms with Crippen LogP contribution in [0, 0.1) is 0 Å². The molecule has 0 amide bonds. The summed E-state index contributed by atoms with van der Waals surface area (Å²) in [5, 5.41) is 4.43. The number of nitrogens with zero attached hydrogens (tertiary/aromatic N) is 4. The van der Waals surface area contributed by atoms with Gasteiger partial charge < -0.3 is 9.80 Å². The number of hydrogen-bond acceptors (Lipinski definition) is 4. The highest BCUT2D eigenvalue weighted by Crippen LogP contribution is 2.42. The summed E-state index contributed by atoms with van der Waals surface area (Å²) in [7, 11) is 0. The maximum absolute atomic E-state index is 4.87. The van der Waals surface area contributed by atoms with E-state index >= 15 is 0 Å². The third-order valence-corrected chi connectivity index (χ3v) is 8.08. The molecule has 0 spiro atoms. The molecule has 8 rings (SSSR count). The zero-order valence-corrected chi connectivity index (χ0v) is 24.0. The van der Waals surface area contributed by atoms with Crippen LogP contribution in [0.15, 0.2) is 170 Å². The van der Waals surface area contributed by atoms with E-state index in [9.17, 15) is 0 Å². The molecule has 0 aliphatic carbocycles. The first-order chi connectivity index (χ1) is 21.8. The molecule has 7 aromatic carbocycles. The summed E-state index contributed by atoms with van der Waals surface area (Å²) in [4.78, 5) is 14.3. The third-order valence-electron chi connectivity index (χ3n) is 8.08. The number of anilines is 6. The zero-order valence-electron chi connectivity index (χ0n) is 24.0. The maximum atomic E-state index is 4.87. The Bertz CT molecular complexity index is 2020. The average molecular weight is 565 g/mol. The minimum atomic E-state index is 0.897. The van der Waals surface area contributed by atoms with Gasteiger partial charge in [0.15, 0.2) is 0 Å². The second kappa shape index (κ2) is 11.0. The minimum Gasteiger partial charge on any atom is -0.310 e. The van der Waals surface area contributed by atoms with Crippen LogP contribution in [0.25, 0.3) is 32.6 Å². The molecular weight excluding hydrogens is 536 g/mol. The van der Waals surface area contributed by atoms with Crippen LogP contribution < -0.4 is 9.80 Å². The van der Waals surface area contributed by atoms with Gasteiger partial charge in [-0.05, 0) is 83.6 Å². The lowest BCUT2D eigenvalue weighted by molar-refractivity contribution is 1.28. The van der Waals surface area contributed by atoms with Crippen LogP contribution >= 0.6 is 0 Å². The van der Waals surface area contributed by atoms with Gasteiger partial charge in [-0.1, -0.05) is 84.9 Å². The SMILES string of the molecule is c1ccc(N(c2ccccc2)c2ccc3c(c2)c2ccc(N(c4ccccc4)c4ccccc4)cc2c2nccnc32)cc1. The molecule has 0 saturated heterocycles. The Morgan fingerprint density at radius 2 is 0.659 bits per heavy atom. The molecule has 8 aromatic rings. The van der Waals surface area contributed by atoms with Crippen molar-refractivity contribution in [2.45, 2.75) is 0 Å². The highest BCUT2D eigenvalue weighted by atomic mass is 15.1. The van der Waals surface area contributed by atoms with Gasteiger partial charge in [0.05, 0.1) is 11.0 Å². The summed E-state index contributed by atoms with van der Waals surface area (Å²) in [6.45, 7) is 0. The molecule has 0 bridgehead atoms. The summed E-state index contributed by atoms with van der Waals surface area (Å²) in [5.74, 6) is 0. The Balaban J connectivity index is 1.38. The second-order valence-electron chi connectivity index (χ2n) is 10.7. The summed E-state index contributed by atoms with van der Waals surface area (Å²) in [6.07, 6.45) is 3.57. The predicted molar refractivity (Wildman–Crippen MR) is 184 cm³/mol. The van der Waals surface area contributed by atoms with Crippen molar-refractivity contribution < 1.29 is 0 Å². The molecule has 44 heavy (non-hydrogen) atoms. The first kappa shape index (κ1) is 25.7. The molecule has 0 saturated carbocycles. The van der Waals surface area contributed by atoms with Gasteiger partial charge in [-0.25, -0.2) is 0 Å². The minimum absolute atomic E-state index is 0.897. The Hall–Kier alpha value is -6.00. The monoisotopic (exact) mass is 564 g/mol. The van der Waals surface area contributed by atoms with Gasteiger partial charge in [-0.2, -0.15) is 0 Å². The summed E-state index contributed by atoms with van der Waals surface area (Å²) in [5.41, 5.74) is 8.34. The topological polar surface area (TPSA) is 32.3 Å². The second-order valence-corrected chi connectivity index (χ2v) is 10.7. The van der Waals surface area contributed by atoms with E-state index in [1.807, 2.05) is 12.1 Å². The van der Waals surface area contributed by atoms with Crippen molar-refractivity contribution >= 4 is 66.7 Å². The van der Waals surface area contributed by atoms with Gasteiger partial charge in [0, 0.05) is 57.3 Å². The fraction of sp³-hybridized carbons (Fsp3) is 0. The van der Waals surface area contributed by atoms with Crippen molar-refractivity contribution in [2.75, 3.05) is 9.80 Å². The van der Waals surface area contributed by atoms with Crippen molar-refractivity contribution in [3.8, 4) is 0 Å². The van der Waals surface area contributed by atoms with Crippen molar-refractivity contribution in [3.05, 3.63) is 170 Å². The number of aromatic nitrogens is 2. The van der Waals surface area contributed by atoms with Crippen LogP contribution in [0.4, 0.5) is 34.1 Å². The average Bonchev–Trinajstić information content (AvgIpc) is 3.10. The first-order valence-corrected chi connectivity index (χ1v) is 14.8. The summed E-state index contributed by atoms with van der Waals surface area (Å²) < 4.78 is 0. The van der Waals surface area contributed by atoms with Crippen molar-refractivity contribution in [3.63, 3.8) is 0 Å². The Labute approximate surface area is 256 Å². The van der Waals surface area contributed by atoms with Crippen LogP contribution in [0.1, 0.15) is 0 Å². The third kappa shape index (κ3) is 4.50. The highest BCUT2D eigenvalue weighted by molar-refractivity contribution is 6.24. The lowest BCUT2D eigenvalue weighted by Gasteiger charge is -2.27. The van der Waals surface area contributed by atoms with E-state index in [1.54, 1.807) is 12.4 Å². The van der Waals surface area contributed by atoms with Gasteiger partial charge in [-0.15, -0.1) is 0 Å². The molecular formula is C40H28N4. The van der Waals surface area contributed by atoms with Gasteiger partial charge in [-0.3, -0.25) is 9.97 Å². The van der Waals surface area contributed by atoms with Gasteiger partial charge >= 0.3 is 0 Å². The van der Waals surface area contributed by atoms with Gasteiger partial charge in [0.1, 0.15) is 0 Å². The Morgan fingerprint density at radius 3 is 1.09 bits per heavy atom. The maximum Gasteiger partial charge on any atom is 0.0972 e. The number of rotatable bonds is 6. The molecule has 0 fully saturated rings. The molecule has 0 unspecified atom stereocenters. The van der Waals surface area contributed by atoms with Crippen LogP contribution in [-0.4, -0.2) is 9.97 Å². The molecule has 0 aliphatic heterocycles. The van der Waals surface area contributed by atoms with Crippen molar-refractivity contribution in [1.29, 1.82) is 0 Å². The number of para-hydroxylation sites is 4. The van der Waals surface area contributed by atoms with E-state index in [1.165, 1.54) is 0 Å². The lowest BCUT2D eigenvalue weighted by atomic mass is 9.97. The molecule has 0 atom stereocenters. The fourth-order valence-corrected chi connectivity index (χ4v) is 6.14. The molecule has 0 radical (unpaired) electrons. The van der Waals surface area contributed by atoms with Gasteiger partial charge in [0.2, 0.25) is 0 Å². The quantitative estimate of drug-likeness (QED) is 0.188. The lowest BCUT2D eigenvalue weighted by Crippen LogP contribution is -2.10. The Kier molecular flexibility index (Phi) is 6.43. The molecule has 1 heterocycles. The van der Waals surface area contributed by atoms with Crippen molar-refractivity contribution in [1.82, 2.24) is 9.97 Å². The summed E-state index contributed by atoms with van der Waals surface area (Å²) in [6, 6.07) is 55.4. The van der Waals surface area contributed by atoms with E-state index < -0.39 is 0 Å². The normalized spacial score (nSPS) is 11.2. The van der Waals surface area contributed by atoms with E-state index in [0.717, 1.165) is 66.7 Å². The largest absolute Gasteiger partial charge is 0.310 e. The molecule has 0 N–H and O–H groups in total. The van der Waals surface area contributed by atoms with E-state index in [-0.39, 0.29) is 0 Å². The molecule has 1 aromatic heterocycles. The number of fused-ring (bicyclic) bond motifs is 6. The molecule has 0 aliphatic rings. The van der Waals surface area contributed by atoms with E-state index in [4.69, 9.17) is 9.97 Å². The standard InChI is InChI=1S/C40H28N4/c1-5-13-29(14-6-1)43(30-15-7-2-8-16-30)33-22-24-36-37(27-33)35-23-21-34(28-38(35)40-39(36)41-25-26-42-40)44(31-17-9-3-10-18-31)32-19-11-4-12-20-32/h1-28H. The van der Waals surface area contributed by atoms with Gasteiger partial charge in [0.25, 0.3) is 0 Å². The predicted octanol–water partition coefficient (Wildman–Crippen LogP) is 10.9. The fourth-order valence-electron chi connectivity index (χ4n) is 6.14. The smallest absolute Gasteiger partial charge is 0.0972 e. The number of benzene rings is 7. The molecule has 208 valence electrons. The zero-order chi connectivity index (χ0) is 29.3. The summed E-state index contributed by atoms with van der Waals surface area (Å²) >= 11 is 0. The van der Waals surface area contributed by atoms with Crippen LogP contribution in [-0.2, 0) is 0 Å². The molecule has 4 nitrogen and oxygen atoms in total.